The molecule has 10 heteroatoms. The molecule has 52 heavy (non-hydrogen) atoms. The van der Waals surface area contributed by atoms with Crippen molar-refractivity contribution in [1.82, 2.24) is 20.4 Å². The van der Waals surface area contributed by atoms with Crippen LogP contribution in [0.3, 0.4) is 0 Å². The molecule has 262 valence electrons. The maximum absolute atomic E-state index is 14.8. The number of benzene rings is 4. The second-order valence-corrected chi connectivity index (χ2v) is 15.4. The van der Waals surface area contributed by atoms with Gasteiger partial charge in [0.05, 0.1) is 10.8 Å². The minimum atomic E-state index is -0.869. The molecule has 4 aromatic carbocycles. The van der Waals surface area contributed by atoms with E-state index in [-0.39, 0.29) is 23.6 Å². The fourth-order valence-corrected chi connectivity index (χ4v) is 10.8. The highest BCUT2D eigenvalue weighted by Crippen LogP contribution is 2.68. The molecule has 4 amide bonds. The van der Waals surface area contributed by atoms with Crippen LogP contribution in [0.5, 0.6) is 0 Å². The smallest absolute Gasteiger partial charge is 0.247 e. The molecular formula is C42H40N6O4. The van der Waals surface area contributed by atoms with Gasteiger partial charge >= 0.3 is 0 Å². The second-order valence-electron chi connectivity index (χ2n) is 15.4. The van der Waals surface area contributed by atoms with Gasteiger partial charge in [-0.05, 0) is 72.2 Å². The normalized spacial score (nSPS) is 32.1. The number of amides is 4. The Morgan fingerprint density at radius 2 is 0.923 bits per heavy atom. The number of aryl methyl sites for hydroxylation is 2. The number of fused-ring (bicyclic) bond motifs is 11. The van der Waals surface area contributed by atoms with Crippen molar-refractivity contribution in [2.45, 2.75) is 86.9 Å². The summed E-state index contributed by atoms with van der Waals surface area (Å²) in [6, 6.07) is 29.2. The molecule has 0 spiro atoms. The van der Waals surface area contributed by atoms with Crippen molar-refractivity contribution >= 4 is 35.0 Å². The van der Waals surface area contributed by atoms with Crippen molar-refractivity contribution in [3.05, 3.63) is 130 Å². The maximum atomic E-state index is 14.8. The SMILES string of the molecule is Cc1ccccc1C[C@@H]1NC(=O)[C@@H]2CC3(C45C[C@H]6C(=O)N[C@@H](Cc7ccccc7C)C(=O)N6[C@H]4Nc4ccccc45)c4ccccc4N[C@@H]3N2C1=O. The number of piperazine rings is 2. The number of hydrogen-bond acceptors (Lipinski definition) is 6. The average molecular weight is 693 g/mol. The molecule has 4 fully saturated rings. The number of nitrogens with zero attached hydrogens (tertiary/aromatic N) is 2. The molecule has 6 aliphatic rings. The van der Waals surface area contributed by atoms with Gasteiger partial charge in [0.25, 0.3) is 0 Å². The molecule has 2 unspecified atom stereocenters. The maximum Gasteiger partial charge on any atom is 0.247 e. The number of para-hydroxylation sites is 2. The molecule has 8 atom stereocenters. The first-order valence-corrected chi connectivity index (χ1v) is 18.3. The van der Waals surface area contributed by atoms with Gasteiger partial charge in [-0.25, -0.2) is 0 Å². The molecule has 6 aliphatic heterocycles. The van der Waals surface area contributed by atoms with Crippen molar-refractivity contribution in [1.29, 1.82) is 0 Å². The lowest BCUT2D eigenvalue weighted by Gasteiger charge is -2.48. The number of hydrogen-bond donors (Lipinski definition) is 4. The molecule has 0 saturated carbocycles. The molecule has 10 nitrogen and oxygen atoms in total. The van der Waals surface area contributed by atoms with Crippen molar-refractivity contribution < 1.29 is 19.2 Å². The van der Waals surface area contributed by atoms with Crippen molar-refractivity contribution in [2.75, 3.05) is 10.6 Å². The summed E-state index contributed by atoms with van der Waals surface area (Å²) in [5.74, 6) is -0.618. The van der Waals surface area contributed by atoms with Crippen LogP contribution in [0.1, 0.15) is 46.2 Å². The Balaban J connectivity index is 1.12. The van der Waals surface area contributed by atoms with Gasteiger partial charge in [-0.2, -0.15) is 0 Å². The van der Waals surface area contributed by atoms with E-state index in [1.54, 1.807) is 9.80 Å². The van der Waals surface area contributed by atoms with E-state index < -0.39 is 47.3 Å². The quantitative estimate of drug-likeness (QED) is 0.253. The van der Waals surface area contributed by atoms with Crippen LogP contribution in [0.4, 0.5) is 11.4 Å². The van der Waals surface area contributed by atoms with E-state index in [0.717, 1.165) is 44.8 Å². The van der Waals surface area contributed by atoms with E-state index in [2.05, 4.69) is 33.4 Å². The molecule has 4 N–H and O–H groups in total. The Hall–Kier alpha value is -5.64. The predicted octanol–water partition coefficient (Wildman–Crippen LogP) is 3.67. The van der Waals surface area contributed by atoms with Gasteiger partial charge in [0.1, 0.15) is 36.5 Å². The summed E-state index contributed by atoms with van der Waals surface area (Å²) in [7, 11) is 0. The minimum Gasteiger partial charge on any atom is -0.364 e. The van der Waals surface area contributed by atoms with Crippen LogP contribution in [-0.4, -0.2) is 69.9 Å². The van der Waals surface area contributed by atoms with Crippen LogP contribution in [0.15, 0.2) is 97.1 Å². The first-order valence-electron chi connectivity index (χ1n) is 18.3. The Morgan fingerprint density at radius 1 is 0.538 bits per heavy atom. The molecule has 0 aliphatic carbocycles. The molecule has 4 saturated heterocycles. The Kier molecular flexibility index (Phi) is 6.54. The second kappa shape index (κ2) is 10.9. The fourth-order valence-electron chi connectivity index (χ4n) is 10.8. The highest BCUT2D eigenvalue weighted by Gasteiger charge is 2.78. The molecular weight excluding hydrogens is 652 g/mol. The molecule has 10 rings (SSSR count). The third-order valence-corrected chi connectivity index (χ3v) is 13.1. The zero-order valence-electron chi connectivity index (χ0n) is 29.1. The lowest BCUT2D eigenvalue weighted by molar-refractivity contribution is -0.149. The third-order valence-electron chi connectivity index (χ3n) is 13.1. The molecule has 4 aromatic rings. The number of carbonyl (C=O) groups is 4. The van der Waals surface area contributed by atoms with Gasteiger partial charge in [-0.1, -0.05) is 84.9 Å². The van der Waals surface area contributed by atoms with Crippen LogP contribution in [0.25, 0.3) is 0 Å². The van der Waals surface area contributed by atoms with Crippen molar-refractivity contribution in [3.8, 4) is 0 Å². The number of anilines is 2. The zero-order valence-corrected chi connectivity index (χ0v) is 29.1. The average Bonchev–Trinajstić information content (AvgIpc) is 3.86. The molecule has 6 heterocycles. The van der Waals surface area contributed by atoms with Gasteiger partial charge in [-0.15, -0.1) is 0 Å². The summed E-state index contributed by atoms with van der Waals surface area (Å²) in [4.78, 5) is 61.7. The highest BCUT2D eigenvalue weighted by molar-refractivity contribution is 6.01. The van der Waals surface area contributed by atoms with Crippen LogP contribution in [0.2, 0.25) is 0 Å². The van der Waals surface area contributed by atoms with E-state index in [1.165, 1.54) is 0 Å². The highest BCUT2D eigenvalue weighted by atomic mass is 16.2. The monoisotopic (exact) mass is 692 g/mol. The summed E-state index contributed by atoms with van der Waals surface area (Å²) in [6.45, 7) is 4.04. The Bertz CT molecular complexity index is 2070. The van der Waals surface area contributed by atoms with Crippen LogP contribution >= 0.6 is 0 Å². The van der Waals surface area contributed by atoms with Gasteiger partial charge < -0.3 is 31.1 Å². The van der Waals surface area contributed by atoms with Gasteiger partial charge in [-0.3, -0.25) is 19.2 Å². The van der Waals surface area contributed by atoms with Crippen LogP contribution in [0, 0.1) is 13.8 Å². The van der Waals surface area contributed by atoms with E-state index in [4.69, 9.17) is 0 Å². The topological polar surface area (TPSA) is 123 Å². The lowest BCUT2D eigenvalue weighted by Crippen LogP contribution is -2.67. The molecule has 0 aromatic heterocycles. The van der Waals surface area contributed by atoms with Crippen molar-refractivity contribution in [2.24, 2.45) is 0 Å². The Morgan fingerprint density at radius 3 is 1.35 bits per heavy atom. The lowest BCUT2D eigenvalue weighted by atomic mass is 9.54. The number of rotatable bonds is 5. The summed E-state index contributed by atoms with van der Waals surface area (Å²) < 4.78 is 0. The first kappa shape index (κ1) is 31.1. The molecule has 0 radical (unpaired) electrons. The van der Waals surface area contributed by atoms with E-state index in [9.17, 15) is 19.2 Å². The van der Waals surface area contributed by atoms with E-state index in [1.807, 2.05) is 98.8 Å². The van der Waals surface area contributed by atoms with Crippen molar-refractivity contribution in [3.63, 3.8) is 0 Å². The summed E-state index contributed by atoms with van der Waals surface area (Å²) >= 11 is 0. The standard InChI is InChI=1S/C42H40N6O4/c1-23-11-3-5-13-25(23)19-31-37(51)47-33(35(49)43-31)21-41(27-15-7-9-17-29(27)45-39(41)47)42-22-34-36(50)44-32(20-26-14-6-4-12-24(26)2)38(52)48(34)40(42)46-30-18-10-8-16-28(30)42/h3-18,31-34,39-40,45-46H,19-22H2,1-2H3,(H,43,49)(H,44,50)/t31-,32-,33-,34-,39+,40+,41?,42?/m0/s1. The minimum absolute atomic E-state index is 0.130. The van der Waals surface area contributed by atoms with Gasteiger partial charge in [0, 0.05) is 24.2 Å². The number of nitrogens with one attached hydrogen (secondary N) is 4. The third kappa shape index (κ3) is 3.95. The van der Waals surface area contributed by atoms with Crippen LogP contribution in [-0.2, 0) is 42.8 Å². The summed E-state index contributed by atoms with van der Waals surface area (Å²) in [6.07, 6.45) is 0.268. The first-order chi connectivity index (χ1) is 25.2. The molecule has 0 bridgehead atoms. The summed E-state index contributed by atoms with van der Waals surface area (Å²) in [5.41, 5.74) is 6.21. The zero-order chi connectivity index (χ0) is 35.5. The number of carbonyl (C=O) groups excluding carboxylic acids is 4. The van der Waals surface area contributed by atoms with E-state index in [0.29, 0.717) is 25.7 Å². The predicted molar refractivity (Wildman–Crippen MR) is 195 cm³/mol. The van der Waals surface area contributed by atoms with Crippen LogP contribution < -0.4 is 21.3 Å². The summed E-state index contributed by atoms with van der Waals surface area (Å²) in [5, 5.41) is 13.7. The van der Waals surface area contributed by atoms with Gasteiger partial charge in [0.15, 0.2) is 0 Å². The largest absolute Gasteiger partial charge is 0.364 e. The van der Waals surface area contributed by atoms with Gasteiger partial charge in [0.2, 0.25) is 23.6 Å². The fraction of sp³-hybridized carbons (Fsp3) is 0.333. The van der Waals surface area contributed by atoms with E-state index >= 15 is 0 Å². The Labute approximate surface area is 302 Å².